The molecule has 0 amide bonds. The quantitative estimate of drug-likeness (QED) is 0.411. The van der Waals surface area contributed by atoms with Crippen molar-refractivity contribution >= 4 is 25.1 Å². The molecule has 0 unspecified atom stereocenters. The van der Waals surface area contributed by atoms with E-state index in [1.165, 1.54) is 51.4 Å². The van der Waals surface area contributed by atoms with Gasteiger partial charge in [0.2, 0.25) is 0 Å². The van der Waals surface area contributed by atoms with Crippen LogP contribution in [0.15, 0.2) is 0 Å². The molecule has 0 atom stereocenters. The summed E-state index contributed by atoms with van der Waals surface area (Å²) in [5.74, 6) is 6.81. The van der Waals surface area contributed by atoms with E-state index in [1.54, 1.807) is 34.8 Å². The fraction of sp³-hybridized carbons (Fsp3) is 0.500. The van der Waals surface area contributed by atoms with E-state index < -0.39 is 28.9 Å². The van der Waals surface area contributed by atoms with Gasteiger partial charge in [-0.05, 0) is 86.1 Å². The van der Waals surface area contributed by atoms with Crippen molar-refractivity contribution in [2.24, 2.45) is 0 Å². The molecule has 0 aromatic rings. The van der Waals surface area contributed by atoms with Crippen molar-refractivity contribution in [2.75, 3.05) is 0 Å². The van der Waals surface area contributed by atoms with Crippen LogP contribution in [0.3, 0.4) is 0 Å². The zero-order valence-corrected chi connectivity index (χ0v) is 19.7. The van der Waals surface area contributed by atoms with Gasteiger partial charge in [-0.1, -0.05) is 38.8 Å². The van der Waals surface area contributed by atoms with Crippen molar-refractivity contribution in [2.45, 2.75) is 64.5 Å². The summed E-state index contributed by atoms with van der Waals surface area (Å²) in [6.07, 6.45) is 20.7. The summed E-state index contributed by atoms with van der Waals surface area (Å²) in [6, 6.07) is 0. The molecule has 4 rings (SSSR count). The van der Waals surface area contributed by atoms with Gasteiger partial charge < -0.3 is 0 Å². The third-order valence-corrected chi connectivity index (χ3v) is 9.55. The van der Waals surface area contributed by atoms with Crippen molar-refractivity contribution in [1.82, 2.24) is 0 Å². The van der Waals surface area contributed by atoms with Crippen LogP contribution in [0.1, 0.15) is 51.4 Å². The average Bonchev–Trinajstić information content (AvgIpc) is 3.20. The molecule has 0 N–H and O–H groups in total. The molecular weight excluding hydrogens is 430 g/mol. The van der Waals surface area contributed by atoms with Crippen LogP contribution in [0.4, 0.5) is 0 Å². The average molecular weight is 457 g/mol. The zero-order chi connectivity index (χ0) is 17.2. The maximum absolute atomic E-state index is 4.93. The Morgan fingerprint density at radius 2 is 1.08 bits per heavy atom. The van der Waals surface area contributed by atoms with E-state index >= 15 is 0 Å². The Balaban J connectivity index is 0.000000526. The van der Waals surface area contributed by atoms with Gasteiger partial charge in [-0.3, -0.25) is 0 Å². The fourth-order valence-electron chi connectivity index (χ4n) is 4.73. The SMILES string of the molecule is C[Si](C)([C]1[CH][CH][C]2CCCC[C]21)[C]1[CH][CH][C]2CCCC[C]21.[Cl][Zr][Cl]. The molecule has 4 saturated carbocycles. The molecule has 0 heterocycles. The zero-order valence-electron chi connectivity index (χ0n) is 14.7. The van der Waals surface area contributed by atoms with Crippen LogP contribution >= 0.6 is 17.0 Å². The number of hydrogen-bond acceptors (Lipinski definition) is 0. The predicted molar refractivity (Wildman–Crippen MR) is 103 cm³/mol. The second kappa shape index (κ2) is 9.25. The van der Waals surface area contributed by atoms with Crippen molar-refractivity contribution in [3.63, 3.8) is 0 Å². The van der Waals surface area contributed by atoms with Gasteiger partial charge in [0.05, 0.1) is 8.07 Å². The van der Waals surface area contributed by atoms with E-state index in [4.69, 9.17) is 17.0 Å². The first-order valence-corrected chi connectivity index (χ1v) is 18.4. The van der Waals surface area contributed by atoms with Crippen molar-refractivity contribution in [3.8, 4) is 0 Å². The fourth-order valence-corrected chi connectivity index (χ4v) is 8.10. The van der Waals surface area contributed by atoms with Crippen LogP contribution < -0.4 is 0 Å². The van der Waals surface area contributed by atoms with Gasteiger partial charge in [0.25, 0.3) is 0 Å². The first-order chi connectivity index (χ1) is 11.6. The summed E-state index contributed by atoms with van der Waals surface area (Å²) in [5.41, 5.74) is 3.49. The molecule has 4 fully saturated rings. The molecule has 0 saturated heterocycles. The molecule has 4 heteroatoms. The number of halogens is 2. The summed E-state index contributed by atoms with van der Waals surface area (Å²) in [5, 5.41) is 0. The second-order valence-corrected chi connectivity index (χ2v) is 15.7. The molecule has 0 spiro atoms. The monoisotopic (exact) mass is 454 g/mol. The first kappa shape index (κ1) is 20.4. The summed E-state index contributed by atoms with van der Waals surface area (Å²) < 4.78 is 0. The molecular formula is C20H26Cl2SiZr. The summed E-state index contributed by atoms with van der Waals surface area (Å²) in [7, 11) is 8.36. The van der Waals surface area contributed by atoms with E-state index in [2.05, 4.69) is 38.8 Å². The normalized spacial score (nSPS) is 28.3. The Hall–Kier alpha value is 1.68. The topological polar surface area (TPSA) is 0 Å². The maximum atomic E-state index is 4.93. The van der Waals surface area contributed by atoms with E-state index in [0.717, 1.165) is 0 Å². The van der Waals surface area contributed by atoms with Crippen molar-refractivity contribution in [1.29, 1.82) is 0 Å². The molecule has 0 aliphatic heterocycles. The molecule has 4 aliphatic carbocycles. The third-order valence-electron chi connectivity index (χ3n) is 5.92. The Morgan fingerprint density at radius 1 is 0.708 bits per heavy atom. The Kier molecular flexibility index (Phi) is 7.87. The van der Waals surface area contributed by atoms with Gasteiger partial charge in [0, 0.05) is 0 Å². The second-order valence-electron chi connectivity index (χ2n) is 7.61. The molecule has 4 aliphatic rings. The van der Waals surface area contributed by atoms with E-state index in [1.807, 2.05) is 0 Å². The molecule has 10 radical (unpaired) electrons. The van der Waals surface area contributed by atoms with Gasteiger partial charge in [0.15, 0.2) is 0 Å². The van der Waals surface area contributed by atoms with Crippen LogP contribution in [0.5, 0.6) is 0 Å². The van der Waals surface area contributed by atoms with Crippen LogP contribution in [-0.4, -0.2) is 8.07 Å². The standard InChI is InChI=1S/C20H26Si.2ClH.Zr/c1-21(2,19-13-11-15-7-3-5-9-17(15)19)20-14-12-16-8-4-6-10-18(16)20;;;/h11-14H,3-10H2,1-2H3;2*1H;/q;;;+2/p-2. The Bertz CT molecular complexity index is 369. The Morgan fingerprint density at radius 3 is 1.50 bits per heavy atom. The predicted octanol–water partition coefficient (Wildman–Crippen LogP) is 6.59. The van der Waals surface area contributed by atoms with Gasteiger partial charge in [-0.2, -0.15) is 0 Å². The molecule has 0 aromatic heterocycles. The first-order valence-electron chi connectivity index (χ1n) is 9.11. The summed E-state index contributed by atoms with van der Waals surface area (Å²) in [6.45, 7) is 5.17. The summed E-state index contributed by atoms with van der Waals surface area (Å²) >= 11 is -0.826. The number of hydrogen-bond donors (Lipinski definition) is 0. The van der Waals surface area contributed by atoms with E-state index in [9.17, 15) is 0 Å². The Labute approximate surface area is 169 Å². The summed E-state index contributed by atoms with van der Waals surface area (Å²) in [4.78, 5) is 0. The van der Waals surface area contributed by atoms with E-state index in [0.29, 0.717) is 0 Å². The van der Waals surface area contributed by atoms with Crippen molar-refractivity contribution < 1.29 is 20.8 Å². The number of rotatable bonds is 2. The van der Waals surface area contributed by atoms with Gasteiger partial charge in [-0.25, -0.2) is 0 Å². The molecule has 128 valence electrons. The molecule has 0 nitrogen and oxygen atoms in total. The molecule has 24 heavy (non-hydrogen) atoms. The van der Waals surface area contributed by atoms with Crippen LogP contribution in [0.25, 0.3) is 0 Å². The van der Waals surface area contributed by atoms with Crippen LogP contribution in [0, 0.1) is 60.4 Å². The van der Waals surface area contributed by atoms with Gasteiger partial charge >= 0.3 is 37.9 Å². The van der Waals surface area contributed by atoms with E-state index in [-0.39, 0.29) is 0 Å². The molecule has 0 aromatic carbocycles. The van der Waals surface area contributed by atoms with Crippen LogP contribution in [0.2, 0.25) is 13.1 Å². The van der Waals surface area contributed by atoms with Gasteiger partial charge in [-0.15, -0.1) is 0 Å². The number of fused-ring (bicyclic) bond motifs is 2. The minimum absolute atomic E-state index is 0.826. The third kappa shape index (κ3) is 4.23. The molecule has 0 bridgehead atoms. The van der Waals surface area contributed by atoms with Gasteiger partial charge in [0.1, 0.15) is 0 Å². The van der Waals surface area contributed by atoms with Crippen LogP contribution in [-0.2, 0) is 20.8 Å². The van der Waals surface area contributed by atoms with Crippen molar-refractivity contribution in [3.05, 3.63) is 60.4 Å². The minimum atomic E-state index is -1.51.